The van der Waals surface area contributed by atoms with Crippen molar-refractivity contribution in [2.75, 3.05) is 0 Å². The van der Waals surface area contributed by atoms with Crippen molar-refractivity contribution in [3.63, 3.8) is 0 Å². The molecule has 0 aromatic heterocycles. The van der Waals surface area contributed by atoms with E-state index in [1.807, 2.05) is 18.2 Å². The Hall–Kier alpha value is -1.59. The topological polar surface area (TPSA) is 66.8 Å². The maximum Gasteiger partial charge on any atom is 0.340 e. The monoisotopic (exact) mass is 448 g/mol. The van der Waals surface area contributed by atoms with Gasteiger partial charge in [-0.05, 0) is 60.6 Å². The number of ether oxygens (including phenoxy) is 1. The summed E-state index contributed by atoms with van der Waals surface area (Å²) in [4.78, 5) is 12.8. The van der Waals surface area contributed by atoms with Gasteiger partial charge in [-0.25, -0.2) is 4.79 Å². The Bertz CT molecular complexity index is 877. The molecule has 1 aliphatic rings. The molecule has 0 bridgehead atoms. The normalized spacial score (nSPS) is 23.8. The van der Waals surface area contributed by atoms with Crippen molar-refractivity contribution in [1.29, 1.82) is 0 Å². The molecule has 0 radical (unpaired) electrons. The second-order valence-corrected chi connectivity index (χ2v) is 9.44. The van der Waals surface area contributed by atoms with Gasteiger partial charge in [0, 0.05) is 15.4 Å². The van der Waals surface area contributed by atoms with Crippen LogP contribution in [0.3, 0.4) is 0 Å². The number of rotatable bonds is 4. The Balaban J connectivity index is 1.88. The number of aliphatic hydroxyl groups excluding tert-OH is 1. The molecule has 0 heterocycles. The number of fused-ring (bicyclic) bond motifs is 1. The average molecular weight is 449 g/mol. The molecule has 4 atom stereocenters. The number of aliphatic hydroxyl groups is 1. The number of hydrogen-bond donors (Lipinski definition) is 2. The summed E-state index contributed by atoms with van der Waals surface area (Å²) in [6.07, 6.45) is 1.29. The van der Waals surface area contributed by atoms with Gasteiger partial charge in [-0.3, -0.25) is 0 Å². The van der Waals surface area contributed by atoms with Crippen molar-refractivity contribution in [3.05, 3.63) is 39.9 Å². The molecule has 5 heteroatoms. The number of esters is 1. The van der Waals surface area contributed by atoms with Crippen LogP contribution < -0.4 is 0 Å². The largest absolute Gasteiger partial charge is 0.507 e. The second kappa shape index (κ2) is 8.42. The lowest BCUT2D eigenvalue weighted by molar-refractivity contribution is -0.166. The van der Waals surface area contributed by atoms with Crippen molar-refractivity contribution in [3.8, 4) is 5.75 Å². The third-order valence-electron chi connectivity index (χ3n) is 6.05. The van der Waals surface area contributed by atoms with E-state index in [0.29, 0.717) is 28.7 Å². The van der Waals surface area contributed by atoms with E-state index in [-0.39, 0.29) is 17.4 Å². The standard InChI is InChI=1S/C23H29BrO4/c1-12(2)17-8-5-13(3)9-19(17)28-23(27)22(26)20-14(4)10-15-6-7-16(24)11-18(15)21(20)25/h6-7,10-13,17,19,22,25-26H,5,8-9H2,1-4H3/t13-,17?,19-,22+/m1/s1. The lowest BCUT2D eigenvalue weighted by Crippen LogP contribution is -2.37. The minimum atomic E-state index is -1.51. The molecular weight excluding hydrogens is 420 g/mol. The van der Waals surface area contributed by atoms with Crippen LogP contribution >= 0.6 is 15.9 Å². The van der Waals surface area contributed by atoms with Crippen LogP contribution in [0.2, 0.25) is 0 Å². The molecule has 4 nitrogen and oxygen atoms in total. The minimum Gasteiger partial charge on any atom is -0.507 e. The highest BCUT2D eigenvalue weighted by Crippen LogP contribution is 2.39. The van der Waals surface area contributed by atoms with Gasteiger partial charge < -0.3 is 14.9 Å². The lowest BCUT2D eigenvalue weighted by atomic mass is 9.75. The predicted molar refractivity (Wildman–Crippen MR) is 114 cm³/mol. The van der Waals surface area contributed by atoms with E-state index >= 15 is 0 Å². The van der Waals surface area contributed by atoms with Crippen LogP contribution in [0.1, 0.15) is 57.3 Å². The van der Waals surface area contributed by atoms with E-state index in [1.54, 1.807) is 13.0 Å². The van der Waals surface area contributed by atoms with Crippen LogP contribution in [0.5, 0.6) is 5.75 Å². The zero-order chi connectivity index (χ0) is 20.6. The zero-order valence-corrected chi connectivity index (χ0v) is 18.5. The summed E-state index contributed by atoms with van der Waals surface area (Å²) in [6.45, 7) is 8.25. The Morgan fingerprint density at radius 1 is 1.25 bits per heavy atom. The van der Waals surface area contributed by atoms with Crippen molar-refractivity contribution in [1.82, 2.24) is 0 Å². The number of phenolic OH excluding ortho intramolecular Hbond substituents is 1. The first-order valence-corrected chi connectivity index (χ1v) is 10.8. The highest BCUT2D eigenvalue weighted by molar-refractivity contribution is 9.10. The molecule has 0 aliphatic heterocycles. The minimum absolute atomic E-state index is 0.0711. The molecule has 3 rings (SSSR count). The fourth-order valence-electron chi connectivity index (χ4n) is 4.43. The summed E-state index contributed by atoms with van der Waals surface area (Å²) in [6, 6.07) is 7.43. The van der Waals surface area contributed by atoms with Crippen LogP contribution in [0, 0.1) is 24.7 Å². The number of halogens is 1. The first kappa shape index (κ1) is 21.1. The summed E-state index contributed by atoms with van der Waals surface area (Å²) < 4.78 is 6.61. The number of hydrogen-bond acceptors (Lipinski definition) is 4. The lowest BCUT2D eigenvalue weighted by Gasteiger charge is -2.37. The molecule has 0 saturated heterocycles. The smallest absolute Gasteiger partial charge is 0.340 e. The number of carbonyl (C=O) groups excluding carboxylic acids is 1. The quantitative estimate of drug-likeness (QED) is 0.592. The Morgan fingerprint density at radius 2 is 1.96 bits per heavy atom. The van der Waals surface area contributed by atoms with Crippen LogP contribution in [0.15, 0.2) is 28.7 Å². The molecular formula is C23H29BrO4. The molecule has 0 spiro atoms. The van der Waals surface area contributed by atoms with Crippen LogP contribution in [0.4, 0.5) is 0 Å². The maximum atomic E-state index is 12.8. The Morgan fingerprint density at radius 3 is 2.64 bits per heavy atom. The summed E-state index contributed by atoms with van der Waals surface area (Å²) in [7, 11) is 0. The fraction of sp³-hybridized carbons (Fsp3) is 0.522. The van der Waals surface area contributed by atoms with Gasteiger partial charge in [0.1, 0.15) is 11.9 Å². The predicted octanol–water partition coefficient (Wildman–Crippen LogP) is 5.65. The van der Waals surface area contributed by atoms with Crippen LogP contribution in [-0.4, -0.2) is 22.3 Å². The van der Waals surface area contributed by atoms with E-state index in [2.05, 4.69) is 36.7 Å². The first-order valence-electron chi connectivity index (χ1n) is 9.99. The molecule has 152 valence electrons. The van der Waals surface area contributed by atoms with E-state index in [4.69, 9.17) is 4.74 Å². The highest BCUT2D eigenvalue weighted by Gasteiger charge is 2.35. The zero-order valence-electron chi connectivity index (χ0n) is 16.9. The molecule has 2 aromatic rings. The van der Waals surface area contributed by atoms with Crippen molar-refractivity contribution < 1.29 is 19.7 Å². The molecule has 28 heavy (non-hydrogen) atoms. The van der Waals surface area contributed by atoms with Gasteiger partial charge in [-0.2, -0.15) is 0 Å². The van der Waals surface area contributed by atoms with Gasteiger partial charge in [-0.1, -0.05) is 55.3 Å². The summed E-state index contributed by atoms with van der Waals surface area (Å²) >= 11 is 3.40. The number of aryl methyl sites for hydroxylation is 1. The summed E-state index contributed by atoms with van der Waals surface area (Å²) in [5.74, 6) is 0.457. The van der Waals surface area contributed by atoms with Crippen molar-refractivity contribution in [2.45, 2.75) is 59.2 Å². The molecule has 1 fully saturated rings. The second-order valence-electron chi connectivity index (χ2n) is 8.53. The number of carbonyl (C=O) groups is 1. The van der Waals surface area contributed by atoms with Gasteiger partial charge in [0.05, 0.1) is 0 Å². The maximum absolute atomic E-state index is 12.8. The van der Waals surface area contributed by atoms with Gasteiger partial charge >= 0.3 is 5.97 Å². The highest BCUT2D eigenvalue weighted by atomic mass is 79.9. The molecule has 2 aromatic carbocycles. The van der Waals surface area contributed by atoms with Gasteiger partial charge in [0.2, 0.25) is 0 Å². The van der Waals surface area contributed by atoms with Crippen molar-refractivity contribution in [2.24, 2.45) is 17.8 Å². The third-order valence-corrected chi connectivity index (χ3v) is 6.54. The third kappa shape index (κ3) is 4.20. The van der Waals surface area contributed by atoms with E-state index in [9.17, 15) is 15.0 Å². The number of phenols is 1. The molecule has 1 aliphatic carbocycles. The fourth-order valence-corrected chi connectivity index (χ4v) is 4.79. The SMILES string of the molecule is Cc1cc2ccc(Br)cc2c(O)c1[C@H](O)C(=O)O[C@@H]1C[C@H](C)CCC1C(C)C. The van der Waals surface area contributed by atoms with E-state index < -0.39 is 12.1 Å². The van der Waals surface area contributed by atoms with E-state index in [1.165, 1.54) is 0 Å². The van der Waals surface area contributed by atoms with Crippen LogP contribution in [0.25, 0.3) is 10.8 Å². The molecule has 1 saturated carbocycles. The van der Waals surface area contributed by atoms with Gasteiger partial charge in [-0.15, -0.1) is 0 Å². The van der Waals surface area contributed by atoms with Gasteiger partial charge in [0.15, 0.2) is 6.10 Å². The van der Waals surface area contributed by atoms with Crippen molar-refractivity contribution >= 4 is 32.7 Å². The summed E-state index contributed by atoms with van der Waals surface area (Å²) in [5.41, 5.74) is 0.884. The summed E-state index contributed by atoms with van der Waals surface area (Å²) in [5, 5.41) is 23.0. The van der Waals surface area contributed by atoms with Crippen LogP contribution in [-0.2, 0) is 9.53 Å². The van der Waals surface area contributed by atoms with E-state index in [0.717, 1.165) is 29.1 Å². The average Bonchev–Trinajstić information content (AvgIpc) is 2.62. The molecule has 1 unspecified atom stereocenters. The Kier molecular flexibility index (Phi) is 6.35. The molecule has 2 N–H and O–H groups in total. The molecule has 0 amide bonds. The number of aromatic hydroxyl groups is 1. The Labute approximate surface area is 175 Å². The van der Waals surface area contributed by atoms with Gasteiger partial charge in [0.25, 0.3) is 0 Å². The first-order chi connectivity index (χ1) is 13.2. The number of benzene rings is 2.